The predicted molar refractivity (Wildman–Crippen MR) is 68.8 cm³/mol. The Morgan fingerprint density at radius 1 is 1.44 bits per heavy atom. The van der Waals surface area contributed by atoms with Crippen molar-refractivity contribution in [2.24, 2.45) is 0 Å². The van der Waals surface area contributed by atoms with Gasteiger partial charge in [0.1, 0.15) is 5.75 Å². The molecule has 0 aliphatic heterocycles. The van der Waals surface area contributed by atoms with E-state index in [0.29, 0.717) is 12.6 Å². The van der Waals surface area contributed by atoms with Gasteiger partial charge in [-0.15, -0.1) is 6.58 Å². The molecule has 2 heteroatoms. The normalized spacial score (nSPS) is 12.1. The molecular weight excluding hydrogens is 198 g/mol. The van der Waals surface area contributed by atoms with E-state index >= 15 is 0 Å². The Hall–Kier alpha value is -1.28. The summed E-state index contributed by atoms with van der Waals surface area (Å²) in [6, 6.07) is 8.54. The van der Waals surface area contributed by atoms with Crippen molar-refractivity contribution in [3.05, 3.63) is 42.5 Å². The molecule has 1 atom stereocenters. The second-order valence-corrected chi connectivity index (χ2v) is 3.68. The largest absolute Gasteiger partial charge is 0.494 e. The number of para-hydroxylation sites is 1. The van der Waals surface area contributed by atoms with E-state index in [4.69, 9.17) is 4.74 Å². The topological polar surface area (TPSA) is 21.3 Å². The number of hydrogen-bond donors (Lipinski definition) is 1. The maximum Gasteiger partial charge on any atom is 0.124 e. The van der Waals surface area contributed by atoms with Gasteiger partial charge in [-0.3, -0.25) is 0 Å². The van der Waals surface area contributed by atoms with Gasteiger partial charge in [0.05, 0.1) is 6.61 Å². The Bertz CT molecular complexity index is 322. The van der Waals surface area contributed by atoms with Crippen molar-refractivity contribution < 1.29 is 4.74 Å². The van der Waals surface area contributed by atoms with Crippen molar-refractivity contribution in [2.75, 3.05) is 13.7 Å². The molecule has 0 spiro atoms. The van der Waals surface area contributed by atoms with Crippen LogP contribution in [0.15, 0.2) is 36.9 Å². The second-order valence-electron chi connectivity index (χ2n) is 3.68. The summed E-state index contributed by atoms with van der Waals surface area (Å²) in [5.74, 6) is 0.980. The molecule has 0 aliphatic carbocycles. The third kappa shape index (κ3) is 3.38. The molecule has 0 aromatic heterocycles. The van der Waals surface area contributed by atoms with E-state index in [-0.39, 0.29) is 0 Å². The van der Waals surface area contributed by atoms with Crippen molar-refractivity contribution in [1.82, 2.24) is 5.32 Å². The average Bonchev–Trinajstić information content (AvgIpc) is 2.32. The average molecular weight is 219 g/mol. The summed E-state index contributed by atoms with van der Waals surface area (Å²) in [7, 11) is 1.98. The third-order valence-electron chi connectivity index (χ3n) is 2.60. The van der Waals surface area contributed by atoms with E-state index < -0.39 is 0 Å². The van der Waals surface area contributed by atoms with E-state index in [1.807, 2.05) is 32.2 Å². The summed E-state index contributed by atoms with van der Waals surface area (Å²) in [6.07, 6.45) is 4.00. The van der Waals surface area contributed by atoms with Gasteiger partial charge in [0.2, 0.25) is 0 Å². The summed E-state index contributed by atoms with van der Waals surface area (Å²) in [5, 5.41) is 3.32. The fourth-order valence-electron chi connectivity index (χ4n) is 1.80. The number of allylic oxidation sites excluding steroid dienone is 1. The van der Waals surface area contributed by atoms with Crippen molar-refractivity contribution in [2.45, 2.75) is 25.8 Å². The van der Waals surface area contributed by atoms with Gasteiger partial charge >= 0.3 is 0 Å². The number of rotatable bonds is 7. The van der Waals surface area contributed by atoms with E-state index in [1.165, 1.54) is 5.56 Å². The van der Waals surface area contributed by atoms with Crippen molar-refractivity contribution in [1.29, 1.82) is 0 Å². The fourth-order valence-corrected chi connectivity index (χ4v) is 1.80. The summed E-state index contributed by atoms with van der Waals surface area (Å²) in [6.45, 7) is 6.47. The minimum Gasteiger partial charge on any atom is -0.494 e. The molecule has 1 unspecified atom stereocenters. The first-order valence-electron chi connectivity index (χ1n) is 5.83. The van der Waals surface area contributed by atoms with Gasteiger partial charge in [-0.2, -0.15) is 0 Å². The Morgan fingerprint density at radius 2 is 2.19 bits per heavy atom. The fraction of sp³-hybridized carbons (Fsp3) is 0.429. The summed E-state index contributed by atoms with van der Waals surface area (Å²) < 4.78 is 5.63. The summed E-state index contributed by atoms with van der Waals surface area (Å²) >= 11 is 0. The van der Waals surface area contributed by atoms with E-state index in [1.54, 1.807) is 0 Å². The standard InChI is InChI=1S/C14H21NO/c1-4-6-10-13(15-3)12-9-7-8-11-14(12)16-5-2/h4,7-9,11,13,15H,1,5-6,10H2,2-3H3. The van der Waals surface area contributed by atoms with E-state index in [0.717, 1.165) is 18.6 Å². The highest BCUT2D eigenvalue weighted by atomic mass is 16.5. The molecule has 0 amide bonds. The first kappa shape index (κ1) is 12.8. The molecular formula is C14H21NO. The van der Waals surface area contributed by atoms with Crippen LogP contribution in [0.3, 0.4) is 0 Å². The molecule has 16 heavy (non-hydrogen) atoms. The molecule has 1 N–H and O–H groups in total. The first-order valence-corrected chi connectivity index (χ1v) is 5.83. The molecule has 0 heterocycles. The van der Waals surface area contributed by atoms with Crippen molar-refractivity contribution >= 4 is 0 Å². The molecule has 1 aromatic carbocycles. The highest BCUT2D eigenvalue weighted by Gasteiger charge is 2.12. The highest BCUT2D eigenvalue weighted by Crippen LogP contribution is 2.27. The van der Waals surface area contributed by atoms with Crippen LogP contribution in [-0.2, 0) is 0 Å². The third-order valence-corrected chi connectivity index (χ3v) is 2.60. The van der Waals surface area contributed by atoms with Crippen LogP contribution in [-0.4, -0.2) is 13.7 Å². The summed E-state index contributed by atoms with van der Waals surface area (Å²) in [4.78, 5) is 0. The first-order chi connectivity index (χ1) is 7.83. The maximum atomic E-state index is 5.63. The quantitative estimate of drug-likeness (QED) is 0.710. The van der Waals surface area contributed by atoms with E-state index in [2.05, 4.69) is 24.0 Å². The van der Waals surface area contributed by atoms with Crippen molar-refractivity contribution in [3.63, 3.8) is 0 Å². The molecule has 0 saturated heterocycles. The number of hydrogen-bond acceptors (Lipinski definition) is 2. The van der Waals surface area contributed by atoms with Crippen LogP contribution in [0.2, 0.25) is 0 Å². The molecule has 0 radical (unpaired) electrons. The number of benzene rings is 1. The van der Waals surface area contributed by atoms with Crippen LogP contribution in [0.5, 0.6) is 5.75 Å². The molecule has 1 rings (SSSR count). The van der Waals surface area contributed by atoms with Crippen LogP contribution in [0.25, 0.3) is 0 Å². The highest BCUT2D eigenvalue weighted by molar-refractivity contribution is 5.35. The zero-order valence-electron chi connectivity index (χ0n) is 10.2. The Morgan fingerprint density at radius 3 is 2.81 bits per heavy atom. The Labute approximate surface area is 98.3 Å². The molecule has 0 fully saturated rings. The SMILES string of the molecule is C=CCCC(NC)c1ccccc1OCC. The van der Waals surface area contributed by atoms with Crippen LogP contribution >= 0.6 is 0 Å². The van der Waals surface area contributed by atoms with Gasteiger partial charge in [0.15, 0.2) is 0 Å². The van der Waals surface area contributed by atoms with Gasteiger partial charge in [-0.25, -0.2) is 0 Å². The lowest BCUT2D eigenvalue weighted by atomic mass is 10.0. The summed E-state index contributed by atoms with van der Waals surface area (Å²) in [5.41, 5.74) is 1.23. The minimum atomic E-state index is 0.334. The lowest BCUT2D eigenvalue weighted by Gasteiger charge is -2.19. The van der Waals surface area contributed by atoms with Crippen LogP contribution < -0.4 is 10.1 Å². The van der Waals surface area contributed by atoms with Gasteiger partial charge < -0.3 is 10.1 Å². The van der Waals surface area contributed by atoms with Crippen molar-refractivity contribution in [3.8, 4) is 5.75 Å². The smallest absolute Gasteiger partial charge is 0.124 e. The van der Waals surface area contributed by atoms with Gasteiger partial charge in [-0.1, -0.05) is 24.3 Å². The second kappa shape index (κ2) is 7.07. The molecule has 2 nitrogen and oxygen atoms in total. The zero-order chi connectivity index (χ0) is 11.8. The lowest BCUT2D eigenvalue weighted by Crippen LogP contribution is -2.17. The zero-order valence-corrected chi connectivity index (χ0v) is 10.2. The van der Waals surface area contributed by atoms with Crippen LogP contribution in [0.4, 0.5) is 0 Å². The number of nitrogens with one attached hydrogen (secondary N) is 1. The van der Waals surface area contributed by atoms with Gasteiger partial charge in [0.25, 0.3) is 0 Å². The predicted octanol–water partition coefficient (Wildman–Crippen LogP) is 3.31. The van der Waals surface area contributed by atoms with Crippen LogP contribution in [0, 0.1) is 0 Å². The maximum absolute atomic E-state index is 5.63. The molecule has 1 aromatic rings. The van der Waals surface area contributed by atoms with Gasteiger partial charge in [0, 0.05) is 11.6 Å². The Kier molecular flexibility index (Phi) is 5.65. The molecule has 0 bridgehead atoms. The Balaban J connectivity index is 2.84. The van der Waals surface area contributed by atoms with Gasteiger partial charge in [-0.05, 0) is 32.9 Å². The molecule has 0 aliphatic rings. The lowest BCUT2D eigenvalue weighted by molar-refractivity contribution is 0.331. The molecule has 0 saturated carbocycles. The monoisotopic (exact) mass is 219 g/mol. The number of ether oxygens (including phenoxy) is 1. The minimum absolute atomic E-state index is 0.334. The molecule has 88 valence electrons. The van der Waals surface area contributed by atoms with E-state index in [9.17, 15) is 0 Å². The van der Waals surface area contributed by atoms with Crippen LogP contribution in [0.1, 0.15) is 31.4 Å².